The Hall–Kier alpha value is -1.99. The molecule has 1 spiro atoms. The lowest BCUT2D eigenvalue weighted by atomic mass is 9.86. The third kappa shape index (κ3) is 4.93. The van der Waals surface area contributed by atoms with Gasteiger partial charge < -0.3 is 24.4 Å². The number of hydrogen-bond acceptors (Lipinski definition) is 5. The molecule has 172 valence electrons. The number of likely N-dealkylation sites (tertiary alicyclic amines) is 1. The Labute approximate surface area is 186 Å². The molecule has 0 bridgehead atoms. The highest BCUT2D eigenvalue weighted by Gasteiger charge is 2.41. The summed E-state index contributed by atoms with van der Waals surface area (Å²) < 4.78 is 16.6. The van der Waals surface area contributed by atoms with Gasteiger partial charge in [0, 0.05) is 39.8 Å². The summed E-state index contributed by atoms with van der Waals surface area (Å²) in [4.78, 5) is 9.60. The third-order valence-electron chi connectivity index (χ3n) is 7.35. The zero-order valence-corrected chi connectivity index (χ0v) is 19.4. The molecule has 0 amide bonds. The summed E-state index contributed by atoms with van der Waals surface area (Å²) in [6.07, 6.45) is 6.83. The van der Waals surface area contributed by atoms with Crippen molar-refractivity contribution in [2.75, 3.05) is 67.2 Å². The van der Waals surface area contributed by atoms with E-state index in [1.54, 1.807) is 14.2 Å². The van der Waals surface area contributed by atoms with Crippen LogP contribution in [0.1, 0.15) is 43.7 Å². The molecule has 2 heterocycles. The first-order valence-electron chi connectivity index (χ1n) is 11.7. The van der Waals surface area contributed by atoms with Crippen LogP contribution in [0.2, 0.25) is 0 Å². The molecule has 4 rings (SSSR count). The molecule has 1 unspecified atom stereocenters. The second-order valence-corrected chi connectivity index (χ2v) is 9.09. The number of hydrogen-bond donors (Lipinski definition) is 1. The van der Waals surface area contributed by atoms with Crippen molar-refractivity contribution in [3.8, 4) is 11.5 Å². The van der Waals surface area contributed by atoms with Gasteiger partial charge in [-0.25, -0.2) is 0 Å². The number of nitrogens with one attached hydrogen (secondary N) is 1. The van der Waals surface area contributed by atoms with Gasteiger partial charge in [0.05, 0.1) is 33.5 Å². The van der Waals surface area contributed by atoms with Crippen LogP contribution in [0, 0.1) is 5.41 Å². The molecule has 1 aromatic carbocycles. The van der Waals surface area contributed by atoms with Gasteiger partial charge in [0.2, 0.25) is 0 Å². The zero-order valence-electron chi connectivity index (χ0n) is 19.4. The summed E-state index contributed by atoms with van der Waals surface area (Å²) in [5.41, 5.74) is 1.75. The van der Waals surface area contributed by atoms with Gasteiger partial charge in [-0.3, -0.25) is 9.89 Å². The Kier molecular flexibility index (Phi) is 7.23. The molecule has 0 radical (unpaired) electrons. The van der Waals surface area contributed by atoms with Gasteiger partial charge in [-0.2, -0.15) is 0 Å². The van der Waals surface area contributed by atoms with Crippen LogP contribution in [0.25, 0.3) is 0 Å². The second-order valence-electron chi connectivity index (χ2n) is 9.09. The summed E-state index contributed by atoms with van der Waals surface area (Å²) >= 11 is 0. The number of guanidine groups is 1. The van der Waals surface area contributed by atoms with E-state index in [9.17, 15) is 0 Å². The predicted molar refractivity (Wildman–Crippen MR) is 123 cm³/mol. The Balaban J connectivity index is 1.48. The highest BCUT2D eigenvalue weighted by molar-refractivity contribution is 5.80. The van der Waals surface area contributed by atoms with Crippen molar-refractivity contribution in [2.45, 2.75) is 38.1 Å². The molecule has 1 N–H and O–H groups in total. The molecule has 3 aliphatic rings. The summed E-state index contributed by atoms with van der Waals surface area (Å²) in [6.45, 7) is 6.44. The summed E-state index contributed by atoms with van der Waals surface area (Å²) in [7, 11) is 5.27. The van der Waals surface area contributed by atoms with Crippen molar-refractivity contribution in [1.82, 2.24) is 15.1 Å². The lowest BCUT2D eigenvalue weighted by molar-refractivity contribution is 0.0168. The van der Waals surface area contributed by atoms with Crippen molar-refractivity contribution >= 4 is 5.96 Å². The predicted octanol–water partition coefficient (Wildman–Crippen LogP) is 2.92. The summed E-state index contributed by atoms with van der Waals surface area (Å²) in [5.74, 6) is 2.56. The number of nitrogens with zero attached hydrogens (tertiary/aromatic N) is 3. The van der Waals surface area contributed by atoms with Crippen LogP contribution >= 0.6 is 0 Å². The SMILES string of the molecule is CN=C(NCC(c1ccc(OC)c(OC)c1)N1CCOCC1)N1CCC2(CCCC2)C1. The highest BCUT2D eigenvalue weighted by Crippen LogP contribution is 2.45. The number of morpholine rings is 1. The molecule has 1 aromatic rings. The average Bonchev–Trinajstić information content (AvgIpc) is 3.46. The van der Waals surface area contributed by atoms with Crippen molar-refractivity contribution in [2.24, 2.45) is 10.4 Å². The van der Waals surface area contributed by atoms with E-state index in [2.05, 4.69) is 32.2 Å². The van der Waals surface area contributed by atoms with Gasteiger partial charge in [-0.05, 0) is 42.4 Å². The first-order valence-corrected chi connectivity index (χ1v) is 11.7. The summed E-state index contributed by atoms with van der Waals surface area (Å²) in [6, 6.07) is 6.46. The van der Waals surface area contributed by atoms with E-state index in [0.717, 1.165) is 63.4 Å². The molecular weight excluding hydrogens is 392 g/mol. The number of rotatable bonds is 6. The van der Waals surface area contributed by atoms with Crippen molar-refractivity contribution in [3.05, 3.63) is 23.8 Å². The smallest absolute Gasteiger partial charge is 0.193 e. The van der Waals surface area contributed by atoms with Crippen LogP contribution in [0.3, 0.4) is 0 Å². The molecule has 7 nitrogen and oxygen atoms in total. The van der Waals surface area contributed by atoms with Gasteiger partial charge in [-0.15, -0.1) is 0 Å². The molecule has 7 heteroatoms. The van der Waals surface area contributed by atoms with E-state index in [1.165, 1.54) is 37.7 Å². The topological polar surface area (TPSA) is 58.6 Å². The molecule has 2 aliphatic heterocycles. The molecule has 1 aliphatic carbocycles. The number of ether oxygens (including phenoxy) is 3. The van der Waals surface area contributed by atoms with Crippen LogP contribution in [0.5, 0.6) is 11.5 Å². The number of methoxy groups -OCH3 is 2. The van der Waals surface area contributed by atoms with Gasteiger partial charge in [0.1, 0.15) is 0 Å². The zero-order chi connectivity index (χ0) is 21.7. The Morgan fingerprint density at radius 3 is 2.52 bits per heavy atom. The van der Waals surface area contributed by atoms with Crippen LogP contribution in [0.4, 0.5) is 0 Å². The van der Waals surface area contributed by atoms with E-state index in [-0.39, 0.29) is 6.04 Å². The molecule has 1 saturated carbocycles. The maximum atomic E-state index is 5.61. The van der Waals surface area contributed by atoms with Gasteiger partial charge in [0.25, 0.3) is 0 Å². The molecule has 1 atom stereocenters. The van der Waals surface area contributed by atoms with Crippen LogP contribution in [0.15, 0.2) is 23.2 Å². The first kappa shape index (κ1) is 22.2. The second kappa shape index (κ2) is 10.1. The number of aliphatic imine (C=N–C) groups is 1. The average molecular weight is 431 g/mol. The van der Waals surface area contributed by atoms with E-state index >= 15 is 0 Å². The summed E-state index contributed by atoms with van der Waals surface area (Å²) in [5, 5.41) is 3.70. The number of benzene rings is 1. The fourth-order valence-corrected chi connectivity index (χ4v) is 5.58. The molecular formula is C24H38N4O3. The maximum absolute atomic E-state index is 5.61. The van der Waals surface area contributed by atoms with Crippen LogP contribution in [-0.2, 0) is 4.74 Å². The van der Waals surface area contributed by atoms with E-state index in [4.69, 9.17) is 14.2 Å². The quantitative estimate of drug-likeness (QED) is 0.553. The van der Waals surface area contributed by atoms with Crippen molar-refractivity contribution in [3.63, 3.8) is 0 Å². The van der Waals surface area contributed by atoms with E-state index < -0.39 is 0 Å². The maximum Gasteiger partial charge on any atom is 0.193 e. The molecule has 3 fully saturated rings. The van der Waals surface area contributed by atoms with E-state index in [0.29, 0.717) is 5.41 Å². The normalized spacial score (nSPS) is 22.7. The fraction of sp³-hybridized carbons (Fsp3) is 0.708. The molecule has 31 heavy (non-hydrogen) atoms. The van der Waals surface area contributed by atoms with Gasteiger partial charge in [-0.1, -0.05) is 18.9 Å². The first-order chi connectivity index (χ1) is 15.2. The Morgan fingerprint density at radius 1 is 1.10 bits per heavy atom. The van der Waals surface area contributed by atoms with Gasteiger partial charge in [0.15, 0.2) is 17.5 Å². The molecule has 0 aromatic heterocycles. The Morgan fingerprint density at radius 2 is 1.84 bits per heavy atom. The minimum absolute atomic E-state index is 0.212. The highest BCUT2D eigenvalue weighted by atomic mass is 16.5. The van der Waals surface area contributed by atoms with Crippen LogP contribution < -0.4 is 14.8 Å². The largest absolute Gasteiger partial charge is 0.493 e. The molecule has 2 saturated heterocycles. The lowest BCUT2D eigenvalue weighted by Gasteiger charge is -2.36. The standard InChI is InChI=1S/C24H38N4O3/c1-25-23(28-11-10-24(18-28)8-4-5-9-24)26-17-20(27-12-14-31-15-13-27)19-6-7-21(29-2)22(16-19)30-3/h6-7,16,20H,4-5,8-15,17-18H2,1-3H3,(H,25,26). The van der Waals surface area contributed by atoms with Gasteiger partial charge >= 0.3 is 0 Å². The van der Waals surface area contributed by atoms with Crippen molar-refractivity contribution in [1.29, 1.82) is 0 Å². The lowest BCUT2D eigenvalue weighted by Crippen LogP contribution is -2.47. The third-order valence-corrected chi connectivity index (χ3v) is 7.35. The van der Waals surface area contributed by atoms with Crippen LogP contribution in [-0.4, -0.2) is 83.0 Å². The monoisotopic (exact) mass is 430 g/mol. The minimum Gasteiger partial charge on any atom is -0.493 e. The minimum atomic E-state index is 0.212. The Bertz CT molecular complexity index is 757. The fourth-order valence-electron chi connectivity index (χ4n) is 5.58. The van der Waals surface area contributed by atoms with Crippen molar-refractivity contribution < 1.29 is 14.2 Å². The van der Waals surface area contributed by atoms with E-state index in [1.807, 2.05) is 13.1 Å².